The topological polar surface area (TPSA) is 38.3 Å². The van der Waals surface area contributed by atoms with E-state index in [-0.39, 0.29) is 24.4 Å². The zero-order valence-electron chi connectivity index (χ0n) is 9.65. The number of hydrogen-bond donors (Lipinski definition) is 1. The van der Waals surface area contributed by atoms with Crippen molar-refractivity contribution < 1.29 is 13.9 Å². The number of rotatable bonds is 1. The first kappa shape index (κ1) is 11.2. The van der Waals surface area contributed by atoms with Gasteiger partial charge in [-0.1, -0.05) is 30.3 Å². The largest absolute Gasteiger partial charge is 0.362 e. The second kappa shape index (κ2) is 4.38. The van der Waals surface area contributed by atoms with Crippen LogP contribution in [0.1, 0.15) is 11.7 Å². The van der Waals surface area contributed by atoms with Crippen molar-refractivity contribution in [2.45, 2.75) is 6.10 Å². The fourth-order valence-corrected chi connectivity index (χ4v) is 2.26. The summed E-state index contributed by atoms with van der Waals surface area (Å²) in [4.78, 5) is 11.1. The quantitative estimate of drug-likeness (QED) is 0.836. The number of benzene rings is 2. The summed E-state index contributed by atoms with van der Waals surface area (Å²) in [6, 6.07) is 10.5. The van der Waals surface area contributed by atoms with Crippen molar-refractivity contribution in [3.63, 3.8) is 0 Å². The Balaban J connectivity index is 2.07. The Kier molecular flexibility index (Phi) is 2.72. The molecule has 1 unspecified atom stereocenters. The van der Waals surface area contributed by atoms with Gasteiger partial charge >= 0.3 is 0 Å². The van der Waals surface area contributed by atoms with Gasteiger partial charge in [0.05, 0.1) is 0 Å². The SMILES string of the molecule is O=C1COC(c2ccc(F)c3ccccc23)CN1. The van der Waals surface area contributed by atoms with Crippen molar-refractivity contribution in [1.82, 2.24) is 5.32 Å². The highest BCUT2D eigenvalue weighted by atomic mass is 19.1. The second-order valence-corrected chi connectivity index (χ2v) is 4.29. The minimum atomic E-state index is -0.241. The predicted octanol–water partition coefficient (Wildman–Crippen LogP) is 2.17. The zero-order chi connectivity index (χ0) is 12.5. The molecule has 0 bridgehead atoms. The summed E-state index contributed by atoms with van der Waals surface area (Å²) in [6.07, 6.45) is -0.215. The molecule has 1 atom stereocenters. The Morgan fingerprint density at radius 3 is 2.67 bits per heavy atom. The first-order valence-corrected chi connectivity index (χ1v) is 5.81. The summed E-state index contributed by atoms with van der Waals surface area (Å²) in [7, 11) is 0. The van der Waals surface area contributed by atoms with E-state index in [0.717, 1.165) is 10.9 Å². The van der Waals surface area contributed by atoms with Crippen molar-refractivity contribution >= 4 is 16.7 Å². The number of morpholine rings is 1. The van der Waals surface area contributed by atoms with Crippen molar-refractivity contribution in [3.8, 4) is 0 Å². The average molecular weight is 245 g/mol. The van der Waals surface area contributed by atoms with Crippen molar-refractivity contribution in [2.24, 2.45) is 0 Å². The fraction of sp³-hybridized carbons (Fsp3) is 0.214. The molecule has 1 fully saturated rings. The van der Waals surface area contributed by atoms with E-state index < -0.39 is 0 Å². The van der Waals surface area contributed by atoms with Crippen LogP contribution >= 0.6 is 0 Å². The van der Waals surface area contributed by atoms with E-state index in [9.17, 15) is 9.18 Å². The lowest BCUT2D eigenvalue weighted by Gasteiger charge is -2.24. The van der Waals surface area contributed by atoms with Gasteiger partial charge in [-0.3, -0.25) is 4.79 Å². The molecule has 0 aromatic heterocycles. The highest BCUT2D eigenvalue weighted by Gasteiger charge is 2.22. The van der Waals surface area contributed by atoms with Gasteiger partial charge in [0.1, 0.15) is 18.5 Å². The number of nitrogens with one attached hydrogen (secondary N) is 1. The molecular weight excluding hydrogens is 233 g/mol. The van der Waals surface area contributed by atoms with Crippen LogP contribution in [0.5, 0.6) is 0 Å². The Bertz CT molecular complexity index is 602. The monoisotopic (exact) mass is 245 g/mol. The average Bonchev–Trinajstić information content (AvgIpc) is 2.41. The Morgan fingerprint density at radius 1 is 1.17 bits per heavy atom. The molecule has 18 heavy (non-hydrogen) atoms. The van der Waals surface area contributed by atoms with Gasteiger partial charge < -0.3 is 10.1 Å². The summed E-state index contributed by atoms with van der Waals surface area (Å²) < 4.78 is 19.2. The van der Waals surface area contributed by atoms with Crippen LogP contribution < -0.4 is 5.32 Å². The van der Waals surface area contributed by atoms with E-state index in [1.165, 1.54) is 6.07 Å². The van der Waals surface area contributed by atoms with Crippen molar-refractivity contribution in [3.05, 3.63) is 47.8 Å². The molecule has 1 aliphatic heterocycles. The number of amides is 1. The smallest absolute Gasteiger partial charge is 0.246 e. The molecule has 1 saturated heterocycles. The van der Waals surface area contributed by atoms with Crippen molar-refractivity contribution in [1.29, 1.82) is 0 Å². The number of ether oxygens (including phenoxy) is 1. The third-order valence-corrected chi connectivity index (χ3v) is 3.15. The standard InChI is InChI=1S/C14H12FNO2/c15-12-6-5-11(9-3-1-2-4-10(9)12)13-7-16-14(17)8-18-13/h1-6,13H,7-8H2,(H,16,17). The van der Waals surface area contributed by atoms with E-state index >= 15 is 0 Å². The molecule has 92 valence electrons. The summed E-state index contributed by atoms with van der Waals surface area (Å²) in [5.74, 6) is -0.355. The van der Waals surface area contributed by atoms with Crippen LogP contribution in [0.15, 0.2) is 36.4 Å². The highest BCUT2D eigenvalue weighted by molar-refractivity contribution is 5.87. The third-order valence-electron chi connectivity index (χ3n) is 3.15. The number of fused-ring (bicyclic) bond motifs is 1. The number of carbonyl (C=O) groups is 1. The van der Waals surface area contributed by atoms with Gasteiger partial charge in [0.2, 0.25) is 5.91 Å². The van der Waals surface area contributed by atoms with E-state index in [1.807, 2.05) is 12.1 Å². The van der Waals surface area contributed by atoms with Crippen LogP contribution in [0.3, 0.4) is 0 Å². The normalized spacial score (nSPS) is 19.8. The third kappa shape index (κ3) is 1.84. The van der Waals surface area contributed by atoms with Gasteiger partial charge in [-0.2, -0.15) is 0 Å². The lowest BCUT2D eigenvalue weighted by atomic mass is 9.99. The molecule has 0 aliphatic carbocycles. The summed E-state index contributed by atoms with van der Waals surface area (Å²) in [5.41, 5.74) is 0.909. The first-order chi connectivity index (χ1) is 8.75. The maximum Gasteiger partial charge on any atom is 0.246 e. The number of carbonyl (C=O) groups excluding carboxylic acids is 1. The minimum absolute atomic E-state index is 0.0520. The predicted molar refractivity (Wildman–Crippen MR) is 65.6 cm³/mol. The van der Waals surface area contributed by atoms with Gasteiger partial charge in [0, 0.05) is 11.9 Å². The minimum Gasteiger partial charge on any atom is -0.362 e. The van der Waals surface area contributed by atoms with E-state index in [2.05, 4.69) is 5.32 Å². The number of hydrogen-bond acceptors (Lipinski definition) is 2. The Labute approximate surface area is 104 Å². The highest BCUT2D eigenvalue weighted by Crippen LogP contribution is 2.29. The van der Waals surface area contributed by atoms with Crippen LogP contribution in [0.4, 0.5) is 4.39 Å². The molecule has 0 spiro atoms. The van der Waals surface area contributed by atoms with Gasteiger partial charge in [-0.25, -0.2) is 4.39 Å². The molecule has 1 aliphatic rings. The molecule has 3 nitrogen and oxygen atoms in total. The summed E-state index contributed by atoms with van der Waals surface area (Å²) in [5, 5.41) is 4.16. The molecule has 0 saturated carbocycles. The van der Waals surface area contributed by atoms with Gasteiger partial charge in [0.25, 0.3) is 0 Å². The maximum atomic E-state index is 13.7. The fourth-order valence-electron chi connectivity index (χ4n) is 2.26. The van der Waals surface area contributed by atoms with Crippen LogP contribution in [0.2, 0.25) is 0 Å². The molecule has 1 N–H and O–H groups in total. The lowest BCUT2D eigenvalue weighted by Crippen LogP contribution is -2.38. The molecule has 4 heteroatoms. The zero-order valence-corrected chi connectivity index (χ0v) is 9.65. The van der Waals surface area contributed by atoms with Crippen LogP contribution in [-0.4, -0.2) is 19.1 Å². The molecule has 1 heterocycles. The molecular formula is C14H12FNO2. The van der Waals surface area contributed by atoms with E-state index in [1.54, 1.807) is 18.2 Å². The summed E-state index contributed by atoms with van der Waals surface area (Å²) in [6.45, 7) is 0.477. The number of halogens is 1. The van der Waals surface area contributed by atoms with Crippen LogP contribution in [0, 0.1) is 5.82 Å². The van der Waals surface area contributed by atoms with Gasteiger partial charge in [0.15, 0.2) is 0 Å². The van der Waals surface area contributed by atoms with Crippen LogP contribution in [-0.2, 0) is 9.53 Å². The molecule has 2 aromatic carbocycles. The van der Waals surface area contributed by atoms with E-state index in [0.29, 0.717) is 11.9 Å². The summed E-state index contributed by atoms with van der Waals surface area (Å²) >= 11 is 0. The van der Waals surface area contributed by atoms with Gasteiger partial charge in [-0.15, -0.1) is 0 Å². The van der Waals surface area contributed by atoms with Gasteiger partial charge in [-0.05, 0) is 17.0 Å². The van der Waals surface area contributed by atoms with Crippen molar-refractivity contribution in [2.75, 3.05) is 13.2 Å². The lowest BCUT2D eigenvalue weighted by molar-refractivity contribution is -0.133. The molecule has 1 amide bonds. The molecule has 3 rings (SSSR count). The second-order valence-electron chi connectivity index (χ2n) is 4.29. The maximum absolute atomic E-state index is 13.7. The first-order valence-electron chi connectivity index (χ1n) is 5.81. The Hall–Kier alpha value is -1.94. The Morgan fingerprint density at radius 2 is 1.94 bits per heavy atom. The van der Waals surface area contributed by atoms with E-state index in [4.69, 9.17) is 4.74 Å². The molecule has 2 aromatic rings. The molecule has 0 radical (unpaired) electrons. The van der Waals surface area contributed by atoms with Crippen LogP contribution in [0.25, 0.3) is 10.8 Å².